The van der Waals surface area contributed by atoms with Crippen molar-refractivity contribution in [1.82, 2.24) is 0 Å². The molecule has 1 unspecified atom stereocenters. The lowest BCUT2D eigenvalue weighted by molar-refractivity contribution is -0.137. The van der Waals surface area contributed by atoms with Crippen LogP contribution in [0.1, 0.15) is 0 Å². The monoisotopic (exact) mass is 140 g/mol. The third-order valence-corrected chi connectivity index (χ3v) is 0.692. The lowest BCUT2D eigenvalue weighted by atomic mass is 10.7. The number of carbonyl (C=O) groups excluding carboxylic acids is 1. The minimum Gasteiger partial charge on any atom is -0.392 e. The highest BCUT2D eigenvalue weighted by molar-refractivity contribution is 7.81. The highest BCUT2D eigenvalue weighted by Gasteiger charge is 2.07. The number of thiol groups is 2. The molecule has 0 aliphatic heterocycles. The van der Waals surface area contributed by atoms with E-state index in [2.05, 4.69) is 29.7 Å². The molecule has 1 atom stereocenters. The van der Waals surface area contributed by atoms with Crippen LogP contribution in [0.2, 0.25) is 0 Å². The zero-order chi connectivity index (χ0) is 5.86. The largest absolute Gasteiger partial charge is 0.392 e. The Morgan fingerprint density at radius 2 is 2.29 bits per heavy atom. The molecule has 1 N–H and O–H groups in total. The molecule has 42 valence electrons. The fourth-order valence-corrected chi connectivity index (χ4v) is 0.283. The summed E-state index contributed by atoms with van der Waals surface area (Å²) >= 11 is 6.40. The molecule has 0 saturated heterocycles. The Kier molecular flexibility index (Phi) is 3.23. The van der Waals surface area contributed by atoms with Crippen molar-refractivity contribution in [2.45, 2.75) is 5.44 Å². The third-order valence-electron chi connectivity index (χ3n) is 0.301. The van der Waals surface area contributed by atoms with Crippen molar-refractivity contribution in [2.24, 2.45) is 0 Å². The normalized spacial score (nSPS) is 13.0. The van der Waals surface area contributed by atoms with Gasteiger partial charge in [0.1, 0.15) is 0 Å². The molecule has 0 aliphatic rings. The van der Waals surface area contributed by atoms with E-state index in [1.54, 1.807) is 0 Å². The predicted molar refractivity (Wildman–Crippen MR) is 30.1 cm³/mol. The highest BCUT2D eigenvalue weighted by atomic mass is 32.1. The molecule has 0 saturated carbocycles. The van der Waals surface area contributed by atoms with Gasteiger partial charge in [-0.2, -0.15) is 0 Å². The molecular formula is C2H4O3S2. The first kappa shape index (κ1) is 7.13. The number of rotatable bonds is 1. The summed E-state index contributed by atoms with van der Waals surface area (Å²) in [6.45, 7) is 0. The minimum atomic E-state index is -1.38. The molecule has 0 aromatic heterocycles. The summed E-state index contributed by atoms with van der Waals surface area (Å²) in [4.78, 5) is 9.89. The molecule has 3 nitrogen and oxygen atoms in total. The summed E-state index contributed by atoms with van der Waals surface area (Å²) in [5.41, 5.74) is -1.38. The molecule has 7 heavy (non-hydrogen) atoms. The Balaban J connectivity index is 3.35. The standard InChI is InChI=1S/C2H4O3S2/c3-1(5-7)2(4)6/h2,4,6-7H. The predicted octanol–water partition coefficient (Wildman–Crippen LogP) is -0.377. The summed E-state index contributed by atoms with van der Waals surface area (Å²) in [6.07, 6.45) is 0. The Bertz CT molecular complexity index is 71.3. The van der Waals surface area contributed by atoms with Crippen LogP contribution in [0.5, 0.6) is 0 Å². The third kappa shape index (κ3) is 2.78. The van der Waals surface area contributed by atoms with E-state index in [4.69, 9.17) is 5.11 Å². The summed E-state index contributed by atoms with van der Waals surface area (Å²) in [6, 6.07) is 0. The maximum Gasteiger partial charge on any atom is 0.357 e. The molecule has 0 heterocycles. The van der Waals surface area contributed by atoms with Gasteiger partial charge in [0.05, 0.1) is 0 Å². The van der Waals surface area contributed by atoms with Gasteiger partial charge in [-0.25, -0.2) is 4.79 Å². The van der Waals surface area contributed by atoms with Gasteiger partial charge in [-0.3, -0.25) is 0 Å². The van der Waals surface area contributed by atoms with Gasteiger partial charge >= 0.3 is 5.97 Å². The summed E-state index contributed by atoms with van der Waals surface area (Å²) in [5.74, 6) is -0.869. The van der Waals surface area contributed by atoms with Crippen molar-refractivity contribution in [3.8, 4) is 0 Å². The second-order valence-electron chi connectivity index (χ2n) is 0.784. The SMILES string of the molecule is O=C(OS)C(O)S. The molecule has 5 heteroatoms. The van der Waals surface area contributed by atoms with Crippen molar-refractivity contribution in [2.75, 3.05) is 0 Å². The second-order valence-corrected chi connectivity index (χ2v) is 1.46. The van der Waals surface area contributed by atoms with E-state index in [1.165, 1.54) is 0 Å². The van der Waals surface area contributed by atoms with E-state index in [-0.39, 0.29) is 0 Å². The van der Waals surface area contributed by atoms with Crippen LogP contribution in [0.3, 0.4) is 0 Å². The molecule has 0 aromatic rings. The summed E-state index contributed by atoms with van der Waals surface area (Å²) < 4.78 is 3.74. The molecule has 0 bridgehead atoms. The number of aliphatic hydroxyl groups is 1. The van der Waals surface area contributed by atoms with Crippen LogP contribution in [0, 0.1) is 0 Å². The van der Waals surface area contributed by atoms with E-state index in [9.17, 15) is 4.79 Å². The lowest BCUT2D eigenvalue weighted by Crippen LogP contribution is -2.12. The molecule has 0 aliphatic carbocycles. The first-order valence-electron chi connectivity index (χ1n) is 1.40. The Labute approximate surface area is 51.7 Å². The van der Waals surface area contributed by atoms with Gasteiger partial charge in [0.15, 0.2) is 5.44 Å². The molecule has 0 fully saturated rings. The molecule has 0 amide bonds. The van der Waals surface area contributed by atoms with Gasteiger partial charge < -0.3 is 9.29 Å². The van der Waals surface area contributed by atoms with Gasteiger partial charge in [0.25, 0.3) is 0 Å². The van der Waals surface area contributed by atoms with Crippen molar-refractivity contribution in [3.05, 3.63) is 0 Å². The van der Waals surface area contributed by atoms with Gasteiger partial charge in [-0.15, -0.1) is 12.6 Å². The molecule has 0 spiro atoms. The van der Waals surface area contributed by atoms with E-state index >= 15 is 0 Å². The summed E-state index contributed by atoms with van der Waals surface area (Å²) in [7, 11) is 0. The van der Waals surface area contributed by atoms with E-state index < -0.39 is 11.4 Å². The fourth-order valence-electron chi connectivity index (χ4n) is 0.0471. The lowest BCUT2D eigenvalue weighted by Gasteiger charge is -1.94. The smallest absolute Gasteiger partial charge is 0.357 e. The fraction of sp³-hybridized carbons (Fsp3) is 0.500. The maximum atomic E-state index is 9.89. The molecular weight excluding hydrogens is 136 g/mol. The van der Waals surface area contributed by atoms with E-state index in [1.807, 2.05) is 0 Å². The second kappa shape index (κ2) is 3.17. The average Bonchev–Trinajstić information content (AvgIpc) is 1.65. The van der Waals surface area contributed by atoms with Crippen LogP contribution in [-0.4, -0.2) is 16.5 Å². The highest BCUT2D eigenvalue weighted by Crippen LogP contribution is 1.92. The van der Waals surface area contributed by atoms with Crippen molar-refractivity contribution >= 4 is 31.5 Å². The number of hydrogen-bond donors (Lipinski definition) is 3. The van der Waals surface area contributed by atoms with E-state index in [0.717, 1.165) is 0 Å². The Hall–Kier alpha value is 0.130. The Morgan fingerprint density at radius 3 is 2.29 bits per heavy atom. The molecule has 0 radical (unpaired) electrons. The van der Waals surface area contributed by atoms with Crippen LogP contribution in [-0.2, 0) is 8.98 Å². The van der Waals surface area contributed by atoms with Crippen LogP contribution in [0.25, 0.3) is 0 Å². The van der Waals surface area contributed by atoms with Crippen LogP contribution < -0.4 is 0 Å². The minimum absolute atomic E-state index is 0.869. The number of carbonyl (C=O) groups is 1. The zero-order valence-corrected chi connectivity index (χ0v) is 5.02. The Morgan fingerprint density at radius 1 is 1.86 bits per heavy atom. The first-order chi connectivity index (χ1) is 3.18. The quantitative estimate of drug-likeness (QED) is 0.264. The topological polar surface area (TPSA) is 46.5 Å². The van der Waals surface area contributed by atoms with Crippen LogP contribution in [0.4, 0.5) is 0 Å². The molecule has 0 rings (SSSR count). The van der Waals surface area contributed by atoms with Gasteiger partial charge in [0.2, 0.25) is 0 Å². The van der Waals surface area contributed by atoms with Crippen molar-refractivity contribution in [1.29, 1.82) is 0 Å². The van der Waals surface area contributed by atoms with E-state index in [0.29, 0.717) is 0 Å². The summed E-state index contributed by atoms with van der Waals surface area (Å²) in [5, 5.41) is 8.16. The van der Waals surface area contributed by atoms with Gasteiger partial charge in [-0.1, -0.05) is 0 Å². The zero-order valence-electron chi connectivity index (χ0n) is 3.24. The van der Waals surface area contributed by atoms with Gasteiger partial charge in [0, 0.05) is 12.9 Å². The number of hydrogen-bond acceptors (Lipinski definition) is 5. The average molecular weight is 140 g/mol. The van der Waals surface area contributed by atoms with Crippen LogP contribution in [0.15, 0.2) is 0 Å². The van der Waals surface area contributed by atoms with Gasteiger partial charge in [-0.05, 0) is 0 Å². The number of aliphatic hydroxyl groups excluding tert-OH is 1. The molecule has 0 aromatic carbocycles. The van der Waals surface area contributed by atoms with Crippen molar-refractivity contribution < 1.29 is 14.1 Å². The maximum absolute atomic E-state index is 9.89. The van der Waals surface area contributed by atoms with Crippen molar-refractivity contribution in [3.63, 3.8) is 0 Å². The van der Waals surface area contributed by atoms with Crippen LogP contribution >= 0.6 is 25.5 Å². The first-order valence-corrected chi connectivity index (χ1v) is 2.28.